The molecule has 1 saturated carbocycles. The summed E-state index contributed by atoms with van der Waals surface area (Å²) < 4.78 is 7.94. The van der Waals surface area contributed by atoms with Gasteiger partial charge in [-0.15, -0.1) is 0 Å². The van der Waals surface area contributed by atoms with E-state index in [0.29, 0.717) is 30.8 Å². The zero-order valence-corrected chi connectivity index (χ0v) is 18.3. The average Bonchev–Trinajstić information content (AvgIpc) is 3.11. The zero-order chi connectivity index (χ0) is 17.9. The standard InChI is InChI=1S/C18H16BBr3O3/c19-10-5-8-12(7-3-1-2-4-7)9-6-11(20)16(24)14(22)18(9)25-17(8)13(21)15(10)23/h5-7,12,23-24H,1-4,19H2. The molecule has 1 aliphatic heterocycles. The molecule has 1 aliphatic carbocycles. The van der Waals surface area contributed by atoms with Crippen molar-refractivity contribution in [2.24, 2.45) is 5.92 Å². The van der Waals surface area contributed by atoms with Crippen molar-refractivity contribution in [3.8, 4) is 23.0 Å². The SMILES string of the molecule is Bc1cc2c(c(Br)c1O)Oc1c(cc(Br)c(O)c1Br)C2C1CCCC1. The van der Waals surface area contributed by atoms with Gasteiger partial charge in [-0.2, -0.15) is 0 Å². The van der Waals surface area contributed by atoms with E-state index in [1.54, 1.807) is 0 Å². The highest BCUT2D eigenvalue weighted by atomic mass is 79.9. The molecule has 7 heteroatoms. The second kappa shape index (κ2) is 6.50. The largest absolute Gasteiger partial charge is 0.507 e. The Bertz CT molecular complexity index is 815. The van der Waals surface area contributed by atoms with Crippen molar-refractivity contribution in [2.75, 3.05) is 0 Å². The summed E-state index contributed by atoms with van der Waals surface area (Å²) >= 11 is 10.4. The predicted molar refractivity (Wildman–Crippen MR) is 111 cm³/mol. The van der Waals surface area contributed by atoms with Crippen LogP contribution in [0.2, 0.25) is 0 Å². The molecule has 25 heavy (non-hydrogen) atoms. The lowest BCUT2D eigenvalue weighted by Crippen LogP contribution is -2.20. The molecule has 2 N–H and O–H groups in total. The molecule has 0 amide bonds. The van der Waals surface area contributed by atoms with E-state index >= 15 is 0 Å². The Kier molecular flexibility index (Phi) is 4.61. The third kappa shape index (κ3) is 2.74. The van der Waals surface area contributed by atoms with Gasteiger partial charge in [0.25, 0.3) is 0 Å². The van der Waals surface area contributed by atoms with Crippen LogP contribution in [0.5, 0.6) is 23.0 Å². The Balaban J connectivity index is 2.00. The molecule has 0 bridgehead atoms. The van der Waals surface area contributed by atoms with Crippen LogP contribution in [-0.2, 0) is 0 Å². The van der Waals surface area contributed by atoms with Crippen LogP contribution in [0, 0.1) is 5.92 Å². The number of benzene rings is 2. The Morgan fingerprint density at radius 3 is 2.12 bits per heavy atom. The zero-order valence-electron chi connectivity index (χ0n) is 13.6. The van der Waals surface area contributed by atoms with Gasteiger partial charge < -0.3 is 14.9 Å². The third-order valence-corrected chi connectivity index (χ3v) is 7.41. The van der Waals surface area contributed by atoms with Crippen molar-refractivity contribution in [2.45, 2.75) is 31.6 Å². The molecule has 1 unspecified atom stereocenters. The highest BCUT2D eigenvalue weighted by Crippen LogP contribution is 2.58. The number of aromatic hydroxyl groups is 2. The molecule has 1 fully saturated rings. The first-order valence-electron chi connectivity index (χ1n) is 8.30. The molecule has 1 atom stereocenters. The number of halogens is 3. The Labute approximate surface area is 172 Å². The van der Waals surface area contributed by atoms with E-state index < -0.39 is 0 Å². The van der Waals surface area contributed by atoms with Gasteiger partial charge in [0.05, 0.1) is 4.47 Å². The van der Waals surface area contributed by atoms with Crippen LogP contribution in [0.3, 0.4) is 0 Å². The molecule has 4 rings (SSSR count). The number of hydrogen-bond donors (Lipinski definition) is 2. The van der Waals surface area contributed by atoms with Crippen LogP contribution in [0.25, 0.3) is 0 Å². The molecule has 130 valence electrons. The van der Waals surface area contributed by atoms with Gasteiger partial charge in [-0.25, -0.2) is 0 Å². The minimum atomic E-state index is 0.125. The lowest BCUT2D eigenvalue weighted by molar-refractivity contribution is 0.384. The lowest BCUT2D eigenvalue weighted by Gasteiger charge is -2.34. The predicted octanol–water partition coefficient (Wildman–Crippen LogP) is 5.07. The van der Waals surface area contributed by atoms with Gasteiger partial charge in [-0.05, 0) is 78.1 Å². The highest BCUT2D eigenvalue weighted by molar-refractivity contribution is 9.11. The van der Waals surface area contributed by atoms with Gasteiger partial charge in [0.2, 0.25) is 0 Å². The maximum absolute atomic E-state index is 10.3. The maximum atomic E-state index is 10.3. The summed E-state index contributed by atoms with van der Waals surface area (Å²) in [4.78, 5) is 0. The number of phenols is 2. The molecule has 3 nitrogen and oxygen atoms in total. The summed E-state index contributed by atoms with van der Waals surface area (Å²) in [6, 6.07) is 4.01. The van der Waals surface area contributed by atoms with Gasteiger partial charge in [0, 0.05) is 17.0 Å². The monoisotopic (exact) mass is 528 g/mol. The molecule has 0 saturated heterocycles. The Morgan fingerprint density at radius 1 is 0.920 bits per heavy atom. The Morgan fingerprint density at radius 2 is 1.48 bits per heavy atom. The number of phenolic OH excluding ortho intramolecular Hbond substituents is 2. The number of fused-ring (bicyclic) bond motifs is 2. The quantitative estimate of drug-likeness (QED) is 0.506. The van der Waals surface area contributed by atoms with E-state index in [4.69, 9.17) is 4.74 Å². The van der Waals surface area contributed by atoms with E-state index in [-0.39, 0.29) is 17.4 Å². The second-order valence-electron chi connectivity index (χ2n) is 6.84. The molecule has 1 heterocycles. The summed E-state index contributed by atoms with van der Waals surface area (Å²) in [7, 11) is 1.91. The third-order valence-electron chi connectivity index (χ3n) is 5.34. The van der Waals surface area contributed by atoms with Gasteiger partial charge in [-0.3, -0.25) is 0 Å². The van der Waals surface area contributed by atoms with E-state index in [0.717, 1.165) is 16.6 Å². The molecule has 0 spiro atoms. The van der Waals surface area contributed by atoms with Crippen LogP contribution >= 0.6 is 47.8 Å². The van der Waals surface area contributed by atoms with Crippen molar-refractivity contribution < 1.29 is 14.9 Å². The van der Waals surface area contributed by atoms with Crippen molar-refractivity contribution in [3.05, 3.63) is 36.7 Å². The fourth-order valence-electron chi connectivity index (χ4n) is 4.12. The fraction of sp³-hybridized carbons (Fsp3) is 0.333. The smallest absolute Gasteiger partial charge is 0.149 e. The lowest BCUT2D eigenvalue weighted by atomic mass is 9.76. The van der Waals surface area contributed by atoms with Crippen LogP contribution in [0.1, 0.15) is 42.7 Å². The van der Waals surface area contributed by atoms with Crippen LogP contribution < -0.4 is 10.2 Å². The van der Waals surface area contributed by atoms with Gasteiger partial charge >= 0.3 is 0 Å². The molecule has 2 aromatic carbocycles. The first kappa shape index (κ1) is 17.7. The Hall–Kier alpha value is -0.655. The molecule has 0 radical (unpaired) electrons. The topological polar surface area (TPSA) is 49.7 Å². The van der Waals surface area contributed by atoms with Crippen LogP contribution in [0.4, 0.5) is 0 Å². The van der Waals surface area contributed by atoms with Crippen molar-refractivity contribution in [3.63, 3.8) is 0 Å². The van der Waals surface area contributed by atoms with Gasteiger partial charge in [0.1, 0.15) is 39.8 Å². The first-order valence-corrected chi connectivity index (χ1v) is 10.7. The number of rotatable bonds is 1. The maximum Gasteiger partial charge on any atom is 0.149 e. The highest BCUT2D eigenvalue weighted by Gasteiger charge is 2.38. The number of ether oxygens (including phenoxy) is 1. The number of hydrogen-bond acceptors (Lipinski definition) is 3. The summed E-state index contributed by atoms with van der Waals surface area (Å²) in [5, 5.41) is 20.6. The van der Waals surface area contributed by atoms with Crippen molar-refractivity contribution in [1.29, 1.82) is 0 Å². The molecule has 0 aromatic heterocycles. The summed E-state index contributed by atoms with van der Waals surface area (Å²) in [5.41, 5.74) is 3.01. The average molecular weight is 531 g/mol. The molecule has 2 aliphatic rings. The molecular formula is C18H16BBr3O3. The summed E-state index contributed by atoms with van der Waals surface area (Å²) in [6.45, 7) is 0. The molecular weight excluding hydrogens is 515 g/mol. The molecule has 2 aromatic rings. The normalized spacial score (nSPS) is 19.4. The van der Waals surface area contributed by atoms with Crippen molar-refractivity contribution in [1.82, 2.24) is 0 Å². The van der Waals surface area contributed by atoms with E-state index in [1.165, 1.54) is 25.7 Å². The van der Waals surface area contributed by atoms with Crippen LogP contribution in [-0.4, -0.2) is 18.1 Å². The van der Waals surface area contributed by atoms with Gasteiger partial charge in [-0.1, -0.05) is 18.9 Å². The first-order chi connectivity index (χ1) is 11.9. The minimum Gasteiger partial charge on any atom is -0.507 e. The van der Waals surface area contributed by atoms with E-state index in [1.807, 2.05) is 20.0 Å². The second-order valence-corrected chi connectivity index (χ2v) is 9.28. The van der Waals surface area contributed by atoms with E-state index in [9.17, 15) is 10.2 Å². The van der Waals surface area contributed by atoms with Crippen LogP contribution in [0.15, 0.2) is 25.6 Å². The fourth-order valence-corrected chi connectivity index (χ4v) is 5.98. The van der Waals surface area contributed by atoms with E-state index in [2.05, 4.69) is 47.8 Å². The van der Waals surface area contributed by atoms with Gasteiger partial charge in [0.15, 0.2) is 0 Å². The van der Waals surface area contributed by atoms with Crippen molar-refractivity contribution >= 4 is 61.1 Å². The minimum absolute atomic E-state index is 0.125. The summed E-state index contributed by atoms with van der Waals surface area (Å²) in [6.07, 6.45) is 4.84. The summed E-state index contributed by atoms with van der Waals surface area (Å²) in [5.74, 6) is 2.32.